The van der Waals surface area contributed by atoms with E-state index in [2.05, 4.69) is 16.1 Å². The second-order valence-corrected chi connectivity index (χ2v) is 6.51. The number of anilines is 1. The Kier molecular flexibility index (Phi) is 3.70. The molecule has 0 bridgehead atoms. The summed E-state index contributed by atoms with van der Waals surface area (Å²) in [6, 6.07) is 5.88. The van der Waals surface area contributed by atoms with Gasteiger partial charge in [-0.15, -0.1) is 0 Å². The van der Waals surface area contributed by atoms with Gasteiger partial charge in [0.15, 0.2) is 5.82 Å². The van der Waals surface area contributed by atoms with E-state index in [1.165, 1.54) is 0 Å². The molecular formula is C18H21N5O2. The number of methoxy groups -OCH3 is 1. The van der Waals surface area contributed by atoms with Crippen LogP contribution in [0.15, 0.2) is 24.4 Å². The van der Waals surface area contributed by atoms with Crippen LogP contribution in [-0.2, 0) is 15.1 Å². The highest BCUT2D eigenvalue weighted by molar-refractivity contribution is 5.84. The van der Waals surface area contributed by atoms with Gasteiger partial charge in [0.05, 0.1) is 23.5 Å². The van der Waals surface area contributed by atoms with Gasteiger partial charge in [0.2, 0.25) is 0 Å². The highest BCUT2D eigenvalue weighted by Gasteiger charge is 2.38. The van der Waals surface area contributed by atoms with Crippen molar-refractivity contribution in [1.29, 1.82) is 0 Å². The number of hydrogen-bond acceptors (Lipinski definition) is 6. The minimum atomic E-state index is -0.501. The number of ether oxygens (including phenoxy) is 2. The van der Waals surface area contributed by atoms with E-state index < -0.39 is 5.60 Å². The van der Waals surface area contributed by atoms with Crippen molar-refractivity contribution in [2.24, 2.45) is 0 Å². The van der Waals surface area contributed by atoms with Crippen molar-refractivity contribution in [2.75, 3.05) is 26.1 Å². The second kappa shape index (κ2) is 5.79. The van der Waals surface area contributed by atoms with Gasteiger partial charge in [-0.2, -0.15) is 5.10 Å². The second-order valence-electron chi connectivity index (χ2n) is 6.51. The Balaban J connectivity index is 1.91. The largest absolute Gasteiger partial charge is 0.384 e. The van der Waals surface area contributed by atoms with Crippen LogP contribution in [0.1, 0.15) is 23.4 Å². The summed E-state index contributed by atoms with van der Waals surface area (Å²) in [5.74, 6) is 1.20. The van der Waals surface area contributed by atoms with E-state index in [9.17, 15) is 0 Å². The zero-order valence-electron chi connectivity index (χ0n) is 14.6. The van der Waals surface area contributed by atoms with Gasteiger partial charge in [-0.05, 0) is 31.5 Å². The Morgan fingerprint density at radius 1 is 1.28 bits per heavy atom. The molecule has 1 atom stereocenters. The molecule has 0 aliphatic carbocycles. The molecule has 130 valence electrons. The highest BCUT2D eigenvalue weighted by Crippen LogP contribution is 2.34. The standard InChI is InChI=1S/C18H21N5O2/c1-11-6-15(18(24-3)4-5-25-10-18)21-17(7-11)23-14-8-16(19)20-9-13(14)12(2)22-23/h6-9H,4-5,10H2,1-3H3,(H2,19,20)/t18-/m0/s1. The van der Waals surface area contributed by atoms with Gasteiger partial charge in [-0.3, -0.25) is 0 Å². The number of nitrogens with two attached hydrogens (primary N) is 1. The third-order valence-electron chi connectivity index (χ3n) is 4.79. The lowest BCUT2D eigenvalue weighted by Crippen LogP contribution is -2.30. The molecule has 7 nitrogen and oxygen atoms in total. The number of aryl methyl sites for hydroxylation is 2. The van der Waals surface area contributed by atoms with E-state index in [0.29, 0.717) is 19.0 Å². The minimum absolute atomic E-state index is 0.457. The molecular weight excluding hydrogens is 318 g/mol. The summed E-state index contributed by atoms with van der Waals surface area (Å²) in [5, 5.41) is 5.61. The zero-order chi connectivity index (χ0) is 17.6. The lowest BCUT2D eigenvalue weighted by Gasteiger charge is -2.26. The predicted octanol–water partition coefficient (Wildman–Crippen LogP) is 2.28. The zero-order valence-corrected chi connectivity index (χ0v) is 14.6. The summed E-state index contributed by atoms with van der Waals surface area (Å²) in [6.07, 6.45) is 2.54. The van der Waals surface area contributed by atoms with Crippen LogP contribution in [-0.4, -0.2) is 40.1 Å². The molecule has 1 saturated heterocycles. The van der Waals surface area contributed by atoms with Crippen molar-refractivity contribution in [3.05, 3.63) is 41.3 Å². The van der Waals surface area contributed by atoms with Crippen LogP contribution in [0, 0.1) is 13.8 Å². The number of hydrogen-bond donors (Lipinski definition) is 1. The SMILES string of the molecule is CO[C@@]1(c2cc(C)cc(-n3nc(C)c4cnc(N)cc43)n2)CCOC1. The molecule has 4 heterocycles. The first-order chi connectivity index (χ1) is 12.0. The molecule has 0 unspecified atom stereocenters. The van der Waals surface area contributed by atoms with E-state index in [-0.39, 0.29) is 0 Å². The Hall–Kier alpha value is -2.51. The van der Waals surface area contributed by atoms with E-state index in [1.807, 2.05) is 30.7 Å². The van der Waals surface area contributed by atoms with Crippen LogP contribution in [0.2, 0.25) is 0 Å². The molecule has 0 spiro atoms. The van der Waals surface area contributed by atoms with Crippen LogP contribution < -0.4 is 5.73 Å². The smallest absolute Gasteiger partial charge is 0.154 e. The lowest BCUT2D eigenvalue weighted by molar-refractivity contribution is -0.0246. The molecule has 0 amide bonds. The monoisotopic (exact) mass is 339 g/mol. The molecule has 3 aromatic heterocycles. The summed E-state index contributed by atoms with van der Waals surface area (Å²) < 4.78 is 13.2. The lowest BCUT2D eigenvalue weighted by atomic mass is 9.97. The summed E-state index contributed by atoms with van der Waals surface area (Å²) >= 11 is 0. The van der Waals surface area contributed by atoms with Crippen LogP contribution in [0.25, 0.3) is 16.7 Å². The van der Waals surface area contributed by atoms with Crippen LogP contribution in [0.5, 0.6) is 0 Å². The van der Waals surface area contributed by atoms with Gasteiger partial charge >= 0.3 is 0 Å². The van der Waals surface area contributed by atoms with Crippen molar-refractivity contribution in [3.63, 3.8) is 0 Å². The molecule has 2 N–H and O–H groups in total. The molecule has 1 fully saturated rings. The third-order valence-corrected chi connectivity index (χ3v) is 4.79. The van der Waals surface area contributed by atoms with E-state index in [0.717, 1.165) is 40.1 Å². The van der Waals surface area contributed by atoms with Crippen molar-refractivity contribution in [2.45, 2.75) is 25.9 Å². The maximum absolute atomic E-state index is 5.87. The molecule has 1 aliphatic heterocycles. The molecule has 1 aliphatic rings. The normalized spacial score (nSPS) is 20.4. The first-order valence-electron chi connectivity index (χ1n) is 8.26. The average Bonchev–Trinajstić information content (AvgIpc) is 3.20. The fourth-order valence-corrected chi connectivity index (χ4v) is 3.35. The molecule has 0 saturated carbocycles. The van der Waals surface area contributed by atoms with Gasteiger partial charge in [-0.1, -0.05) is 0 Å². The number of nitrogens with zero attached hydrogens (tertiary/aromatic N) is 4. The van der Waals surface area contributed by atoms with Gasteiger partial charge < -0.3 is 15.2 Å². The topological polar surface area (TPSA) is 88.1 Å². The summed E-state index contributed by atoms with van der Waals surface area (Å²) in [5.41, 5.74) is 9.11. The average molecular weight is 339 g/mol. The summed E-state index contributed by atoms with van der Waals surface area (Å²) in [4.78, 5) is 9.02. The fourth-order valence-electron chi connectivity index (χ4n) is 3.35. The first kappa shape index (κ1) is 16.0. The molecule has 4 rings (SSSR count). The van der Waals surface area contributed by atoms with Crippen molar-refractivity contribution < 1.29 is 9.47 Å². The Labute approximate surface area is 145 Å². The summed E-state index contributed by atoms with van der Waals surface area (Å²) in [7, 11) is 1.71. The van der Waals surface area contributed by atoms with Gasteiger partial charge in [0.1, 0.15) is 11.4 Å². The van der Waals surface area contributed by atoms with Crippen molar-refractivity contribution >= 4 is 16.7 Å². The summed E-state index contributed by atoms with van der Waals surface area (Å²) in [6.45, 7) is 5.18. The van der Waals surface area contributed by atoms with Gasteiger partial charge in [-0.25, -0.2) is 14.6 Å². The number of fused-ring (bicyclic) bond motifs is 1. The fraction of sp³-hybridized carbons (Fsp3) is 0.389. The highest BCUT2D eigenvalue weighted by atomic mass is 16.5. The van der Waals surface area contributed by atoms with E-state index >= 15 is 0 Å². The molecule has 0 aromatic carbocycles. The molecule has 0 radical (unpaired) electrons. The van der Waals surface area contributed by atoms with Gasteiger partial charge in [0, 0.05) is 37.8 Å². The third kappa shape index (κ3) is 2.56. The van der Waals surface area contributed by atoms with E-state index in [4.69, 9.17) is 20.2 Å². The number of aromatic nitrogens is 4. The molecule has 3 aromatic rings. The van der Waals surface area contributed by atoms with Crippen molar-refractivity contribution in [3.8, 4) is 5.82 Å². The van der Waals surface area contributed by atoms with E-state index in [1.54, 1.807) is 13.3 Å². The molecule has 7 heteroatoms. The quantitative estimate of drug-likeness (QED) is 0.787. The number of pyridine rings is 2. The van der Waals surface area contributed by atoms with Crippen LogP contribution in [0.4, 0.5) is 5.82 Å². The maximum Gasteiger partial charge on any atom is 0.154 e. The number of rotatable bonds is 3. The number of nitrogen functional groups attached to an aromatic ring is 1. The molecule has 25 heavy (non-hydrogen) atoms. The minimum Gasteiger partial charge on any atom is -0.384 e. The van der Waals surface area contributed by atoms with Crippen LogP contribution >= 0.6 is 0 Å². The first-order valence-corrected chi connectivity index (χ1v) is 8.26. The van der Waals surface area contributed by atoms with Crippen molar-refractivity contribution in [1.82, 2.24) is 19.7 Å². The Morgan fingerprint density at radius 3 is 2.84 bits per heavy atom. The Morgan fingerprint density at radius 2 is 2.12 bits per heavy atom. The van der Waals surface area contributed by atoms with Crippen LogP contribution in [0.3, 0.4) is 0 Å². The predicted molar refractivity (Wildman–Crippen MR) is 94.7 cm³/mol. The van der Waals surface area contributed by atoms with Gasteiger partial charge in [0.25, 0.3) is 0 Å². The Bertz CT molecular complexity index is 944. The maximum atomic E-state index is 5.87.